The maximum atomic E-state index is 10.9. The number of aliphatic hydroxyl groups is 2. The molecule has 2 N–H and O–H groups in total. The van der Waals surface area contributed by atoms with Gasteiger partial charge in [0.25, 0.3) is 0 Å². The summed E-state index contributed by atoms with van der Waals surface area (Å²) in [7, 11) is 0. The zero-order chi connectivity index (χ0) is 23.4. The van der Waals surface area contributed by atoms with Crippen molar-refractivity contribution in [1.82, 2.24) is 0 Å². The van der Waals surface area contributed by atoms with Crippen molar-refractivity contribution in [2.75, 3.05) is 6.61 Å². The van der Waals surface area contributed by atoms with Crippen LogP contribution < -0.4 is 0 Å². The van der Waals surface area contributed by atoms with E-state index in [1.807, 2.05) is 0 Å². The van der Waals surface area contributed by atoms with E-state index in [1.54, 1.807) is 0 Å². The van der Waals surface area contributed by atoms with E-state index in [0.717, 1.165) is 18.3 Å². The first-order valence-electron chi connectivity index (χ1n) is 14.0. The van der Waals surface area contributed by atoms with Crippen LogP contribution in [0.25, 0.3) is 0 Å². The summed E-state index contributed by atoms with van der Waals surface area (Å²) in [5, 5.41) is 21.6. The molecular weight excluding hydrogens is 392 g/mol. The first-order chi connectivity index (χ1) is 14.8. The Balaban J connectivity index is 1.53. The number of fused-ring (bicyclic) bond motifs is 7. The molecule has 0 spiro atoms. The molecule has 0 aromatic heterocycles. The lowest BCUT2D eigenvalue weighted by molar-refractivity contribution is -0.257. The molecular formula is C30H52O2. The molecule has 5 aliphatic rings. The second-order valence-corrected chi connectivity index (χ2v) is 15.5. The number of aliphatic hydroxyl groups excluding tert-OH is 2. The van der Waals surface area contributed by atoms with Gasteiger partial charge in [0.1, 0.15) is 0 Å². The highest BCUT2D eigenvalue weighted by Crippen LogP contribution is 2.76. The predicted molar refractivity (Wildman–Crippen MR) is 132 cm³/mol. The third kappa shape index (κ3) is 2.84. The van der Waals surface area contributed by atoms with E-state index in [1.165, 1.54) is 64.2 Å². The van der Waals surface area contributed by atoms with Gasteiger partial charge in [-0.05, 0) is 127 Å². The summed E-state index contributed by atoms with van der Waals surface area (Å²) in [6.07, 6.45) is 13.8. The molecule has 5 rings (SSSR count). The summed E-state index contributed by atoms with van der Waals surface area (Å²) < 4.78 is 0. The van der Waals surface area contributed by atoms with Crippen LogP contribution in [-0.4, -0.2) is 22.9 Å². The minimum atomic E-state index is -0.138. The number of hydrogen-bond acceptors (Lipinski definition) is 2. The summed E-state index contributed by atoms with van der Waals surface area (Å²) >= 11 is 0. The molecule has 0 aromatic rings. The Hall–Kier alpha value is -0.0800. The zero-order valence-corrected chi connectivity index (χ0v) is 22.3. The topological polar surface area (TPSA) is 40.5 Å². The quantitative estimate of drug-likeness (QED) is 0.448. The fraction of sp³-hybridized carbons (Fsp3) is 1.00. The largest absolute Gasteiger partial charge is 0.396 e. The van der Waals surface area contributed by atoms with Gasteiger partial charge in [-0.15, -0.1) is 0 Å². The van der Waals surface area contributed by atoms with Crippen LogP contribution in [0.1, 0.15) is 119 Å². The van der Waals surface area contributed by atoms with Crippen molar-refractivity contribution in [3.8, 4) is 0 Å². The zero-order valence-electron chi connectivity index (χ0n) is 22.3. The Bertz CT molecular complexity index is 756. The molecule has 5 fully saturated rings. The molecule has 184 valence electrons. The van der Waals surface area contributed by atoms with Gasteiger partial charge >= 0.3 is 0 Å². The van der Waals surface area contributed by atoms with Gasteiger partial charge in [0.05, 0.1) is 6.10 Å². The van der Waals surface area contributed by atoms with Crippen LogP contribution in [0, 0.1) is 56.2 Å². The van der Waals surface area contributed by atoms with Crippen LogP contribution in [0.3, 0.4) is 0 Å². The molecule has 0 saturated heterocycles. The van der Waals surface area contributed by atoms with Gasteiger partial charge in [0.2, 0.25) is 0 Å². The molecule has 0 heterocycles. The minimum Gasteiger partial charge on any atom is -0.396 e. The first kappa shape index (κ1) is 23.7. The number of hydrogen-bond donors (Lipinski definition) is 2. The van der Waals surface area contributed by atoms with Crippen LogP contribution in [0.5, 0.6) is 0 Å². The van der Waals surface area contributed by atoms with Crippen molar-refractivity contribution >= 4 is 0 Å². The third-order valence-corrected chi connectivity index (χ3v) is 13.7. The normalized spacial score (nSPS) is 56.3. The van der Waals surface area contributed by atoms with Crippen molar-refractivity contribution in [2.45, 2.75) is 125 Å². The van der Waals surface area contributed by atoms with Crippen molar-refractivity contribution in [1.29, 1.82) is 0 Å². The summed E-state index contributed by atoms with van der Waals surface area (Å²) in [6.45, 7) is 18.1. The molecule has 9 atom stereocenters. The predicted octanol–water partition coefficient (Wildman–Crippen LogP) is 7.22. The lowest BCUT2D eigenvalue weighted by Crippen LogP contribution is -2.67. The summed E-state index contributed by atoms with van der Waals surface area (Å²) in [4.78, 5) is 0. The van der Waals surface area contributed by atoms with E-state index < -0.39 is 0 Å². The van der Waals surface area contributed by atoms with Crippen molar-refractivity contribution in [2.24, 2.45) is 56.2 Å². The van der Waals surface area contributed by atoms with Crippen LogP contribution in [0.15, 0.2) is 0 Å². The second-order valence-electron chi connectivity index (χ2n) is 15.5. The Morgan fingerprint density at radius 1 is 0.656 bits per heavy atom. The lowest BCUT2D eigenvalue weighted by atomic mass is 9.31. The monoisotopic (exact) mass is 444 g/mol. The van der Waals surface area contributed by atoms with Crippen molar-refractivity contribution in [3.05, 3.63) is 0 Å². The molecule has 0 aliphatic heterocycles. The fourth-order valence-electron chi connectivity index (χ4n) is 11.4. The molecule has 2 nitrogen and oxygen atoms in total. The van der Waals surface area contributed by atoms with Crippen molar-refractivity contribution in [3.63, 3.8) is 0 Å². The molecule has 2 heteroatoms. The van der Waals surface area contributed by atoms with Gasteiger partial charge in [-0.2, -0.15) is 0 Å². The van der Waals surface area contributed by atoms with E-state index in [2.05, 4.69) is 48.5 Å². The standard InChI is InChI=1S/C30H52O2/c1-25(2)14-16-30(19-31)17-15-28(6)20(21(30)18-25)8-9-23-27(5)12-11-24(32)26(3,4)22(27)10-13-29(23,28)7/h20-24,31-32H,8-19H2,1-7H3/t20-,21+,22+,23-,24+,27+,28-,29-,30-/m1/s1. The maximum Gasteiger partial charge on any atom is 0.0594 e. The highest BCUT2D eigenvalue weighted by molar-refractivity contribution is 5.18. The van der Waals surface area contributed by atoms with Crippen LogP contribution in [0.2, 0.25) is 0 Å². The van der Waals surface area contributed by atoms with E-state index in [0.29, 0.717) is 40.1 Å². The molecule has 5 aliphatic carbocycles. The van der Waals surface area contributed by atoms with Crippen LogP contribution >= 0.6 is 0 Å². The molecule has 0 unspecified atom stereocenters. The molecule has 5 saturated carbocycles. The van der Waals surface area contributed by atoms with Crippen LogP contribution in [-0.2, 0) is 0 Å². The molecule has 0 aromatic carbocycles. The van der Waals surface area contributed by atoms with E-state index in [9.17, 15) is 10.2 Å². The molecule has 0 radical (unpaired) electrons. The van der Waals surface area contributed by atoms with E-state index in [4.69, 9.17) is 0 Å². The summed E-state index contributed by atoms with van der Waals surface area (Å²) in [5.74, 6) is 2.89. The molecule has 0 bridgehead atoms. The Morgan fingerprint density at radius 3 is 2.03 bits per heavy atom. The summed E-state index contributed by atoms with van der Waals surface area (Å²) in [5.41, 5.74) is 1.80. The highest BCUT2D eigenvalue weighted by Gasteiger charge is 2.69. The molecule has 0 amide bonds. The highest BCUT2D eigenvalue weighted by atomic mass is 16.3. The summed E-state index contributed by atoms with van der Waals surface area (Å²) in [6, 6.07) is 0. The van der Waals surface area contributed by atoms with Gasteiger partial charge < -0.3 is 10.2 Å². The van der Waals surface area contributed by atoms with E-state index in [-0.39, 0.29) is 16.9 Å². The molecule has 32 heavy (non-hydrogen) atoms. The van der Waals surface area contributed by atoms with Gasteiger partial charge in [-0.1, -0.05) is 48.5 Å². The second kappa shape index (κ2) is 6.99. The number of rotatable bonds is 1. The van der Waals surface area contributed by atoms with Gasteiger partial charge in [0, 0.05) is 6.61 Å². The smallest absolute Gasteiger partial charge is 0.0594 e. The van der Waals surface area contributed by atoms with E-state index >= 15 is 0 Å². The maximum absolute atomic E-state index is 10.9. The average Bonchev–Trinajstić information content (AvgIpc) is 2.71. The van der Waals surface area contributed by atoms with Gasteiger partial charge in [-0.3, -0.25) is 0 Å². The lowest BCUT2D eigenvalue weighted by Gasteiger charge is -2.73. The Morgan fingerprint density at radius 2 is 1.34 bits per heavy atom. The SMILES string of the molecule is CC1(C)CC[C@]2(CO)CC[C@]3(C)[C@H](CC[C@@H]4[C@@]5(C)CC[C@H](O)C(C)(C)[C@@H]5CC[C@]43C)[C@@H]2C1. The fourth-order valence-corrected chi connectivity index (χ4v) is 11.4. The van der Waals surface area contributed by atoms with Gasteiger partial charge in [0.15, 0.2) is 0 Å². The third-order valence-electron chi connectivity index (χ3n) is 13.7. The first-order valence-corrected chi connectivity index (χ1v) is 14.0. The van der Waals surface area contributed by atoms with Gasteiger partial charge in [-0.25, -0.2) is 0 Å². The van der Waals surface area contributed by atoms with Crippen molar-refractivity contribution < 1.29 is 10.2 Å². The average molecular weight is 445 g/mol. The Labute approximate surface area is 198 Å². The van der Waals surface area contributed by atoms with Crippen LogP contribution in [0.4, 0.5) is 0 Å². The minimum absolute atomic E-state index is 0.0398. The Kier molecular flexibility index (Phi) is 5.17.